The van der Waals surface area contributed by atoms with E-state index in [1.807, 2.05) is 13.8 Å². The van der Waals surface area contributed by atoms with E-state index in [4.69, 9.17) is 9.47 Å². The Morgan fingerprint density at radius 1 is 1.30 bits per heavy atom. The molecule has 0 spiro atoms. The lowest BCUT2D eigenvalue weighted by Crippen LogP contribution is -2.17. The lowest BCUT2D eigenvalue weighted by Gasteiger charge is -2.11. The normalized spacial score (nSPS) is 10.5. The van der Waals surface area contributed by atoms with Crippen LogP contribution in [0.25, 0.3) is 0 Å². The van der Waals surface area contributed by atoms with Gasteiger partial charge in [-0.15, -0.1) is 11.3 Å². The quantitative estimate of drug-likeness (QED) is 0.841. The second-order valence-electron chi connectivity index (χ2n) is 4.49. The summed E-state index contributed by atoms with van der Waals surface area (Å²) < 4.78 is 10.1. The van der Waals surface area contributed by atoms with Crippen molar-refractivity contribution >= 4 is 28.4 Å². The molecule has 5 nitrogen and oxygen atoms in total. The van der Waals surface area contributed by atoms with E-state index in [1.54, 1.807) is 20.8 Å². The van der Waals surface area contributed by atoms with Crippen molar-refractivity contribution in [3.05, 3.63) is 16.0 Å². The zero-order valence-electron chi connectivity index (χ0n) is 12.5. The number of hydrogen-bond donors (Lipinski definition) is 1. The van der Waals surface area contributed by atoms with E-state index in [9.17, 15) is 9.59 Å². The molecular weight excluding hydrogens is 278 g/mol. The first kappa shape index (κ1) is 16.5. The van der Waals surface area contributed by atoms with Gasteiger partial charge in [0.05, 0.1) is 18.3 Å². The van der Waals surface area contributed by atoms with Gasteiger partial charge in [0.25, 0.3) is 0 Å². The van der Waals surface area contributed by atoms with Gasteiger partial charge in [-0.3, -0.25) is 5.32 Å². The molecule has 0 saturated carbocycles. The molecule has 1 heterocycles. The van der Waals surface area contributed by atoms with Crippen LogP contribution in [0.3, 0.4) is 0 Å². The second-order valence-corrected chi connectivity index (χ2v) is 5.72. The molecule has 0 aromatic carbocycles. The van der Waals surface area contributed by atoms with Crippen molar-refractivity contribution in [2.45, 2.75) is 47.1 Å². The first-order valence-electron chi connectivity index (χ1n) is 6.67. The molecule has 112 valence electrons. The summed E-state index contributed by atoms with van der Waals surface area (Å²) >= 11 is 1.36. The van der Waals surface area contributed by atoms with Crippen LogP contribution < -0.4 is 5.32 Å². The third-order valence-corrected chi connectivity index (χ3v) is 3.66. The van der Waals surface area contributed by atoms with Crippen molar-refractivity contribution in [2.24, 2.45) is 0 Å². The van der Waals surface area contributed by atoms with E-state index in [-0.39, 0.29) is 12.7 Å². The number of esters is 1. The van der Waals surface area contributed by atoms with Crippen LogP contribution in [0.1, 0.15) is 48.5 Å². The average Bonchev–Trinajstić information content (AvgIpc) is 2.64. The average molecular weight is 299 g/mol. The van der Waals surface area contributed by atoms with Crippen LogP contribution in [-0.4, -0.2) is 24.8 Å². The summed E-state index contributed by atoms with van der Waals surface area (Å²) in [6, 6.07) is 0. The van der Waals surface area contributed by atoms with E-state index in [0.29, 0.717) is 17.0 Å². The van der Waals surface area contributed by atoms with Crippen LogP contribution in [0.4, 0.5) is 9.80 Å². The first-order chi connectivity index (χ1) is 9.40. The van der Waals surface area contributed by atoms with Crippen LogP contribution in [0.5, 0.6) is 0 Å². The van der Waals surface area contributed by atoms with Crippen molar-refractivity contribution in [3.8, 4) is 0 Å². The molecule has 1 aromatic rings. The van der Waals surface area contributed by atoms with Crippen LogP contribution in [0.2, 0.25) is 0 Å². The minimum atomic E-state index is -0.560. The molecule has 1 N–H and O–H groups in total. The molecule has 1 aromatic heterocycles. The molecule has 0 aliphatic heterocycles. The highest BCUT2D eigenvalue weighted by molar-refractivity contribution is 7.16. The Hall–Kier alpha value is -1.56. The fraction of sp³-hybridized carbons (Fsp3) is 0.571. The molecule has 0 saturated heterocycles. The van der Waals surface area contributed by atoms with Gasteiger partial charge in [-0.25, -0.2) is 9.59 Å². The van der Waals surface area contributed by atoms with Gasteiger partial charge in [-0.05, 0) is 39.7 Å². The number of rotatable bonds is 5. The largest absolute Gasteiger partial charge is 0.459 e. The fourth-order valence-corrected chi connectivity index (χ4v) is 2.96. The number of nitrogens with one attached hydrogen (secondary N) is 1. The molecule has 0 atom stereocenters. The van der Waals surface area contributed by atoms with Crippen molar-refractivity contribution in [2.75, 3.05) is 11.9 Å². The third kappa shape index (κ3) is 3.96. The number of thiophene rings is 1. The number of amides is 1. The summed E-state index contributed by atoms with van der Waals surface area (Å²) in [5.74, 6) is -0.409. The number of ether oxygens (including phenoxy) is 2. The van der Waals surface area contributed by atoms with E-state index < -0.39 is 12.1 Å². The zero-order chi connectivity index (χ0) is 15.3. The van der Waals surface area contributed by atoms with Crippen molar-refractivity contribution < 1.29 is 19.1 Å². The molecular formula is C14H21NO4S. The molecule has 0 bridgehead atoms. The van der Waals surface area contributed by atoms with E-state index in [1.165, 1.54) is 11.3 Å². The molecule has 1 amide bonds. The number of carbonyl (C=O) groups is 2. The van der Waals surface area contributed by atoms with E-state index in [0.717, 1.165) is 10.4 Å². The predicted molar refractivity (Wildman–Crippen MR) is 79.6 cm³/mol. The van der Waals surface area contributed by atoms with Crippen molar-refractivity contribution in [1.82, 2.24) is 0 Å². The Morgan fingerprint density at radius 3 is 2.45 bits per heavy atom. The summed E-state index contributed by atoms with van der Waals surface area (Å²) in [5.41, 5.74) is 1.35. The van der Waals surface area contributed by atoms with Crippen LogP contribution in [-0.2, 0) is 15.9 Å². The topological polar surface area (TPSA) is 64.6 Å². The molecule has 1 rings (SSSR count). The molecule has 0 radical (unpaired) electrons. The highest BCUT2D eigenvalue weighted by Crippen LogP contribution is 2.34. The van der Waals surface area contributed by atoms with Gasteiger partial charge >= 0.3 is 12.1 Å². The lowest BCUT2D eigenvalue weighted by molar-refractivity contribution is 0.0378. The highest BCUT2D eigenvalue weighted by atomic mass is 32.1. The Bertz CT molecular complexity index is 494. The summed E-state index contributed by atoms with van der Waals surface area (Å²) in [7, 11) is 0. The predicted octanol–water partition coefficient (Wildman–Crippen LogP) is 3.75. The molecule has 0 aliphatic carbocycles. The third-order valence-electron chi connectivity index (χ3n) is 2.60. The van der Waals surface area contributed by atoms with Gasteiger partial charge in [-0.1, -0.05) is 6.92 Å². The summed E-state index contributed by atoms with van der Waals surface area (Å²) in [6.45, 7) is 9.48. The van der Waals surface area contributed by atoms with Crippen molar-refractivity contribution in [3.63, 3.8) is 0 Å². The maximum atomic E-state index is 12.2. The summed E-state index contributed by atoms with van der Waals surface area (Å²) in [4.78, 5) is 24.7. The number of carbonyl (C=O) groups excluding carboxylic acids is 2. The minimum Gasteiger partial charge on any atom is -0.459 e. The zero-order valence-corrected chi connectivity index (χ0v) is 13.3. The Labute approximate surface area is 123 Å². The molecule has 0 unspecified atom stereocenters. The molecule has 0 fully saturated rings. The summed E-state index contributed by atoms with van der Waals surface area (Å²) in [5, 5.41) is 3.11. The van der Waals surface area contributed by atoms with Gasteiger partial charge in [0.2, 0.25) is 0 Å². The molecule has 20 heavy (non-hydrogen) atoms. The standard InChI is InChI=1S/C14H21NO4S/c1-6-10-9(5)20-12(15-14(17)18-7-2)11(10)13(16)19-8(3)4/h8H,6-7H2,1-5H3,(H,15,17). The monoisotopic (exact) mass is 299 g/mol. The highest BCUT2D eigenvalue weighted by Gasteiger charge is 2.24. The summed E-state index contributed by atoms with van der Waals surface area (Å²) in [6.07, 6.45) is -0.0621. The van der Waals surface area contributed by atoms with Crippen molar-refractivity contribution in [1.29, 1.82) is 0 Å². The molecule has 6 heteroatoms. The van der Waals surface area contributed by atoms with E-state index in [2.05, 4.69) is 5.32 Å². The van der Waals surface area contributed by atoms with Gasteiger partial charge < -0.3 is 9.47 Å². The van der Waals surface area contributed by atoms with Crippen LogP contribution in [0, 0.1) is 6.92 Å². The van der Waals surface area contributed by atoms with Gasteiger partial charge in [0.15, 0.2) is 0 Å². The van der Waals surface area contributed by atoms with Gasteiger partial charge in [-0.2, -0.15) is 0 Å². The first-order valence-corrected chi connectivity index (χ1v) is 7.49. The Morgan fingerprint density at radius 2 is 1.95 bits per heavy atom. The molecule has 0 aliphatic rings. The maximum Gasteiger partial charge on any atom is 0.412 e. The number of aryl methyl sites for hydroxylation is 1. The number of hydrogen-bond acceptors (Lipinski definition) is 5. The SMILES string of the molecule is CCOC(=O)Nc1sc(C)c(CC)c1C(=O)OC(C)C. The smallest absolute Gasteiger partial charge is 0.412 e. The van der Waals surface area contributed by atoms with Crippen LogP contribution >= 0.6 is 11.3 Å². The maximum absolute atomic E-state index is 12.2. The van der Waals surface area contributed by atoms with Gasteiger partial charge in [0, 0.05) is 4.88 Å². The van der Waals surface area contributed by atoms with E-state index >= 15 is 0 Å². The Kier molecular flexibility index (Phi) is 6.01. The minimum absolute atomic E-state index is 0.206. The number of anilines is 1. The van der Waals surface area contributed by atoms with Crippen LogP contribution in [0.15, 0.2) is 0 Å². The second kappa shape index (κ2) is 7.28. The fourth-order valence-electron chi connectivity index (χ4n) is 1.84. The Balaban J connectivity index is 3.10. The van der Waals surface area contributed by atoms with Gasteiger partial charge in [0.1, 0.15) is 5.00 Å². The lowest BCUT2D eigenvalue weighted by atomic mass is 10.1.